The Labute approximate surface area is 115 Å². The average Bonchev–Trinajstić information content (AvgIpc) is 2.40. The van der Waals surface area contributed by atoms with E-state index in [9.17, 15) is 4.79 Å². The number of nitrogen functional groups attached to an aromatic ring is 1. The minimum absolute atomic E-state index is 0.0120. The van der Waals surface area contributed by atoms with Crippen LogP contribution in [0.2, 0.25) is 0 Å². The van der Waals surface area contributed by atoms with Crippen LogP contribution in [0.5, 0.6) is 0 Å². The zero-order chi connectivity index (χ0) is 13.8. The van der Waals surface area contributed by atoms with Gasteiger partial charge in [0.05, 0.1) is 0 Å². The maximum Gasteiger partial charge on any atom is 0.251 e. The second-order valence-electron chi connectivity index (χ2n) is 5.41. The molecule has 1 amide bonds. The van der Waals surface area contributed by atoms with Crippen molar-refractivity contribution in [1.29, 1.82) is 0 Å². The highest BCUT2D eigenvalue weighted by atomic mass is 16.1. The Balaban J connectivity index is 1.91. The van der Waals surface area contributed by atoms with Crippen molar-refractivity contribution in [2.45, 2.75) is 32.2 Å². The fourth-order valence-corrected chi connectivity index (χ4v) is 2.53. The number of nitrogens with one attached hydrogen (secondary N) is 1. The topological polar surface area (TPSA) is 58.4 Å². The van der Waals surface area contributed by atoms with Gasteiger partial charge in [0.2, 0.25) is 0 Å². The van der Waals surface area contributed by atoms with Gasteiger partial charge >= 0.3 is 0 Å². The van der Waals surface area contributed by atoms with Gasteiger partial charge in [-0.3, -0.25) is 4.79 Å². The molecule has 19 heavy (non-hydrogen) atoms. The Morgan fingerprint density at radius 2 is 2.26 bits per heavy atom. The van der Waals surface area contributed by atoms with Crippen molar-refractivity contribution >= 4 is 11.6 Å². The molecule has 0 spiro atoms. The van der Waals surface area contributed by atoms with Crippen LogP contribution in [0.4, 0.5) is 5.69 Å². The third-order valence-corrected chi connectivity index (χ3v) is 3.95. The molecule has 0 saturated carbocycles. The van der Waals surface area contributed by atoms with E-state index in [4.69, 9.17) is 5.73 Å². The molecule has 1 aliphatic heterocycles. The lowest BCUT2D eigenvalue weighted by molar-refractivity contribution is 0.0928. The summed E-state index contributed by atoms with van der Waals surface area (Å²) in [6.45, 7) is 3.77. The number of carbonyl (C=O) groups is 1. The number of piperidine rings is 1. The van der Waals surface area contributed by atoms with Crippen molar-refractivity contribution in [3.8, 4) is 0 Å². The van der Waals surface area contributed by atoms with E-state index < -0.39 is 0 Å². The first-order chi connectivity index (χ1) is 9.08. The molecular weight excluding hydrogens is 238 g/mol. The molecule has 1 unspecified atom stereocenters. The molecule has 1 aromatic rings. The van der Waals surface area contributed by atoms with Gasteiger partial charge in [-0.2, -0.15) is 0 Å². The largest absolute Gasteiger partial charge is 0.399 e. The Morgan fingerprint density at radius 1 is 1.47 bits per heavy atom. The van der Waals surface area contributed by atoms with Crippen LogP contribution >= 0.6 is 0 Å². The molecule has 0 aromatic heterocycles. The molecule has 0 aliphatic carbocycles. The lowest BCUT2D eigenvalue weighted by Gasteiger charge is -2.32. The van der Waals surface area contributed by atoms with Gasteiger partial charge in [-0.25, -0.2) is 0 Å². The smallest absolute Gasteiger partial charge is 0.251 e. The molecule has 2 rings (SSSR count). The van der Waals surface area contributed by atoms with E-state index in [0.29, 0.717) is 11.6 Å². The summed E-state index contributed by atoms with van der Waals surface area (Å²) >= 11 is 0. The molecule has 4 heteroatoms. The number of amides is 1. The zero-order valence-corrected chi connectivity index (χ0v) is 11.8. The number of nitrogens with zero attached hydrogens (tertiary/aromatic N) is 1. The molecule has 104 valence electrons. The van der Waals surface area contributed by atoms with Crippen molar-refractivity contribution in [3.63, 3.8) is 0 Å². The zero-order valence-electron chi connectivity index (χ0n) is 11.8. The number of anilines is 1. The van der Waals surface area contributed by atoms with Gasteiger partial charge in [0.15, 0.2) is 0 Å². The van der Waals surface area contributed by atoms with Crippen molar-refractivity contribution in [3.05, 3.63) is 29.3 Å². The maximum absolute atomic E-state index is 12.1. The van der Waals surface area contributed by atoms with E-state index >= 15 is 0 Å². The van der Waals surface area contributed by atoms with Gasteiger partial charge in [-0.1, -0.05) is 6.42 Å². The molecule has 1 fully saturated rings. The highest BCUT2D eigenvalue weighted by molar-refractivity contribution is 5.94. The van der Waals surface area contributed by atoms with Crippen LogP contribution in [0.25, 0.3) is 0 Å². The van der Waals surface area contributed by atoms with Gasteiger partial charge in [-0.05, 0) is 57.1 Å². The lowest BCUT2D eigenvalue weighted by Crippen LogP contribution is -2.44. The molecule has 1 aliphatic rings. The van der Waals surface area contributed by atoms with Gasteiger partial charge in [-0.15, -0.1) is 0 Å². The summed E-state index contributed by atoms with van der Waals surface area (Å²) in [7, 11) is 2.13. The number of hydrogen-bond donors (Lipinski definition) is 2. The minimum atomic E-state index is -0.0120. The van der Waals surface area contributed by atoms with Gasteiger partial charge in [0.25, 0.3) is 5.91 Å². The lowest BCUT2D eigenvalue weighted by atomic mass is 10.0. The maximum atomic E-state index is 12.1. The first-order valence-corrected chi connectivity index (χ1v) is 6.92. The van der Waals surface area contributed by atoms with Gasteiger partial charge in [0.1, 0.15) is 0 Å². The number of likely N-dealkylation sites (tertiary alicyclic amines) is 1. The van der Waals surface area contributed by atoms with Crippen molar-refractivity contribution in [2.24, 2.45) is 0 Å². The van der Waals surface area contributed by atoms with Crippen LogP contribution in [-0.4, -0.2) is 37.0 Å². The second kappa shape index (κ2) is 6.06. The first-order valence-electron chi connectivity index (χ1n) is 6.92. The summed E-state index contributed by atoms with van der Waals surface area (Å²) in [6.07, 6.45) is 3.68. The van der Waals surface area contributed by atoms with E-state index in [1.807, 2.05) is 13.0 Å². The van der Waals surface area contributed by atoms with Crippen LogP contribution in [0.1, 0.15) is 35.2 Å². The van der Waals surface area contributed by atoms with Gasteiger partial charge < -0.3 is 16.0 Å². The summed E-state index contributed by atoms with van der Waals surface area (Å²) in [5.74, 6) is -0.0120. The molecule has 1 atom stereocenters. The van der Waals surface area contributed by atoms with Crippen LogP contribution in [-0.2, 0) is 0 Å². The SMILES string of the molecule is Cc1cc(C(=O)NCC2CCCCN2C)ccc1N. The Kier molecular flexibility index (Phi) is 4.43. The van der Waals surface area contributed by atoms with Crippen LogP contribution in [0.3, 0.4) is 0 Å². The molecular formula is C15H23N3O. The van der Waals surface area contributed by atoms with E-state index in [1.165, 1.54) is 12.8 Å². The third kappa shape index (κ3) is 3.47. The molecule has 4 nitrogen and oxygen atoms in total. The summed E-state index contributed by atoms with van der Waals surface area (Å²) in [4.78, 5) is 14.4. The van der Waals surface area contributed by atoms with Crippen molar-refractivity contribution < 1.29 is 4.79 Å². The number of nitrogens with two attached hydrogens (primary N) is 1. The molecule has 0 bridgehead atoms. The highest BCUT2D eigenvalue weighted by Gasteiger charge is 2.19. The van der Waals surface area contributed by atoms with E-state index in [1.54, 1.807) is 12.1 Å². The average molecular weight is 261 g/mol. The molecule has 3 N–H and O–H groups in total. The molecule has 1 saturated heterocycles. The van der Waals surface area contributed by atoms with Crippen LogP contribution in [0.15, 0.2) is 18.2 Å². The van der Waals surface area contributed by atoms with Crippen molar-refractivity contribution in [1.82, 2.24) is 10.2 Å². The summed E-state index contributed by atoms with van der Waals surface area (Å²) < 4.78 is 0. The van der Waals surface area contributed by atoms with E-state index in [2.05, 4.69) is 17.3 Å². The second-order valence-corrected chi connectivity index (χ2v) is 5.41. The highest BCUT2D eigenvalue weighted by Crippen LogP contribution is 2.15. The monoisotopic (exact) mass is 261 g/mol. The summed E-state index contributed by atoms with van der Waals surface area (Å²) in [6, 6.07) is 5.88. The first kappa shape index (κ1) is 13.9. The molecule has 1 heterocycles. The van der Waals surface area contributed by atoms with E-state index in [0.717, 1.165) is 30.8 Å². The standard InChI is InChI=1S/C15H23N3O/c1-11-9-12(6-7-14(11)16)15(19)17-10-13-5-3-4-8-18(13)2/h6-7,9,13H,3-5,8,10,16H2,1-2H3,(H,17,19). The van der Waals surface area contributed by atoms with Gasteiger partial charge in [0, 0.05) is 23.8 Å². The predicted octanol–water partition coefficient (Wildman–Crippen LogP) is 1.79. The summed E-state index contributed by atoms with van der Waals surface area (Å²) in [5, 5.41) is 3.02. The number of rotatable bonds is 3. The number of benzene rings is 1. The summed E-state index contributed by atoms with van der Waals surface area (Å²) in [5.41, 5.74) is 8.12. The van der Waals surface area contributed by atoms with Crippen LogP contribution < -0.4 is 11.1 Å². The van der Waals surface area contributed by atoms with E-state index in [-0.39, 0.29) is 5.91 Å². The number of carbonyl (C=O) groups excluding carboxylic acids is 1. The fraction of sp³-hybridized carbons (Fsp3) is 0.533. The number of aryl methyl sites for hydroxylation is 1. The van der Waals surface area contributed by atoms with Crippen LogP contribution in [0, 0.1) is 6.92 Å². The third-order valence-electron chi connectivity index (χ3n) is 3.95. The predicted molar refractivity (Wildman–Crippen MR) is 78.2 cm³/mol. The Morgan fingerprint density at radius 3 is 2.95 bits per heavy atom. The normalized spacial score (nSPS) is 20.2. The molecule has 1 aromatic carbocycles. The fourth-order valence-electron chi connectivity index (χ4n) is 2.53. The minimum Gasteiger partial charge on any atom is -0.399 e. The quantitative estimate of drug-likeness (QED) is 0.816. The van der Waals surface area contributed by atoms with Crippen molar-refractivity contribution in [2.75, 3.05) is 25.9 Å². The Hall–Kier alpha value is -1.55. The Bertz CT molecular complexity index is 459. The number of hydrogen-bond acceptors (Lipinski definition) is 3. The number of likely N-dealkylation sites (N-methyl/N-ethyl adjacent to an activating group) is 1. The molecule has 0 radical (unpaired) electrons.